The second-order valence-electron chi connectivity index (χ2n) is 9.74. The maximum absolute atomic E-state index is 13.6. The van der Waals surface area contributed by atoms with E-state index < -0.39 is 0 Å². The maximum atomic E-state index is 13.6. The van der Waals surface area contributed by atoms with Crippen molar-refractivity contribution in [3.05, 3.63) is 99.3 Å². The van der Waals surface area contributed by atoms with Gasteiger partial charge in [-0.05, 0) is 47.9 Å². The van der Waals surface area contributed by atoms with Crippen molar-refractivity contribution in [2.45, 2.75) is 26.1 Å². The minimum absolute atomic E-state index is 0.139. The number of halogens is 1. The normalized spacial score (nSPS) is 10.9. The summed E-state index contributed by atoms with van der Waals surface area (Å²) < 4.78 is 35.2. The van der Waals surface area contributed by atoms with Crippen LogP contribution in [-0.2, 0) is 26.1 Å². The minimum atomic E-state index is -0.277. The Bertz CT molecular complexity index is 1480. The number of likely N-dealkylation sites (N-methyl/N-ethyl adjacent to an activating group) is 1. The van der Waals surface area contributed by atoms with Crippen LogP contribution in [0.15, 0.2) is 66.0 Å². The van der Waals surface area contributed by atoms with Crippen LogP contribution in [0.1, 0.15) is 32.2 Å². The van der Waals surface area contributed by atoms with Gasteiger partial charge in [0.25, 0.3) is 5.91 Å². The van der Waals surface area contributed by atoms with E-state index in [0.717, 1.165) is 21.7 Å². The SMILES string of the molecule is COc1ccc(CN(Cc2ccc(F)cc2)Cc2nc(C(=O)N(C)CCc3ccc(OC)c(OC)c3)cs2)c(OC)c1. The third-order valence-corrected chi connectivity index (χ3v) is 7.70. The second kappa shape index (κ2) is 14.7. The molecule has 4 aromatic rings. The van der Waals surface area contributed by atoms with Crippen LogP contribution in [0, 0.1) is 5.82 Å². The third kappa shape index (κ3) is 7.98. The summed E-state index contributed by atoms with van der Waals surface area (Å²) in [4.78, 5) is 21.7. The molecule has 1 heterocycles. The smallest absolute Gasteiger partial charge is 0.273 e. The van der Waals surface area contributed by atoms with Gasteiger partial charge in [0.05, 0.1) is 35.0 Å². The highest BCUT2D eigenvalue weighted by atomic mass is 32.1. The summed E-state index contributed by atoms with van der Waals surface area (Å²) in [6.07, 6.45) is 0.661. The number of amides is 1. The van der Waals surface area contributed by atoms with Crippen molar-refractivity contribution in [1.82, 2.24) is 14.8 Å². The third-order valence-electron chi connectivity index (χ3n) is 6.87. The minimum Gasteiger partial charge on any atom is -0.497 e. The Kier molecular flexibility index (Phi) is 10.7. The van der Waals surface area contributed by atoms with Gasteiger partial charge in [0.2, 0.25) is 0 Å². The first-order valence-corrected chi connectivity index (χ1v) is 14.3. The summed E-state index contributed by atoms with van der Waals surface area (Å²) in [7, 11) is 8.22. The Morgan fingerprint density at radius 1 is 0.810 bits per heavy atom. The number of benzene rings is 3. The van der Waals surface area contributed by atoms with Gasteiger partial charge >= 0.3 is 0 Å². The highest BCUT2D eigenvalue weighted by molar-refractivity contribution is 7.09. The van der Waals surface area contributed by atoms with E-state index in [0.29, 0.717) is 61.3 Å². The second-order valence-corrected chi connectivity index (χ2v) is 10.7. The van der Waals surface area contributed by atoms with Crippen LogP contribution in [-0.4, -0.2) is 62.7 Å². The number of aromatic nitrogens is 1. The molecule has 8 nitrogen and oxygen atoms in total. The molecule has 0 fully saturated rings. The average molecular weight is 594 g/mol. The Hall–Kier alpha value is -4.15. The standard InChI is InChI=1S/C32H36FN3O5S/c1-35(15-14-22-8-13-28(39-3)30(16-22)41-5)32(37)27-21-42-31(34-27)20-36(18-23-6-10-25(33)11-7-23)19-24-9-12-26(38-2)17-29(24)40-4/h6-13,16-17,21H,14-15,18-20H2,1-5H3. The van der Waals surface area contributed by atoms with Gasteiger partial charge in [-0.1, -0.05) is 24.3 Å². The Balaban J connectivity index is 1.45. The molecule has 0 aliphatic carbocycles. The zero-order valence-electron chi connectivity index (χ0n) is 24.6. The molecule has 10 heteroatoms. The molecular formula is C32H36FN3O5S. The zero-order chi connectivity index (χ0) is 30.1. The highest BCUT2D eigenvalue weighted by Gasteiger charge is 2.19. The molecule has 1 amide bonds. The number of hydrogen-bond donors (Lipinski definition) is 0. The monoisotopic (exact) mass is 593 g/mol. The molecule has 0 unspecified atom stereocenters. The molecule has 0 saturated heterocycles. The van der Waals surface area contributed by atoms with Crippen molar-refractivity contribution in [1.29, 1.82) is 0 Å². The van der Waals surface area contributed by atoms with E-state index in [1.165, 1.54) is 23.5 Å². The van der Waals surface area contributed by atoms with E-state index >= 15 is 0 Å². The number of methoxy groups -OCH3 is 4. The van der Waals surface area contributed by atoms with Crippen molar-refractivity contribution in [2.75, 3.05) is 42.0 Å². The van der Waals surface area contributed by atoms with Crippen LogP contribution >= 0.6 is 11.3 Å². The molecule has 0 N–H and O–H groups in total. The van der Waals surface area contributed by atoms with Crippen molar-refractivity contribution < 1.29 is 28.1 Å². The van der Waals surface area contributed by atoms with E-state index in [4.69, 9.17) is 18.9 Å². The maximum Gasteiger partial charge on any atom is 0.273 e. The van der Waals surface area contributed by atoms with Crippen LogP contribution in [0.4, 0.5) is 4.39 Å². The van der Waals surface area contributed by atoms with Gasteiger partial charge in [-0.25, -0.2) is 9.37 Å². The van der Waals surface area contributed by atoms with Gasteiger partial charge < -0.3 is 23.8 Å². The lowest BCUT2D eigenvalue weighted by Gasteiger charge is -2.23. The molecule has 3 aromatic carbocycles. The number of carbonyl (C=O) groups is 1. The number of thiazole rings is 1. The molecule has 1 aromatic heterocycles. The lowest BCUT2D eigenvalue weighted by molar-refractivity contribution is 0.0791. The van der Waals surface area contributed by atoms with Crippen molar-refractivity contribution in [3.63, 3.8) is 0 Å². The molecule has 0 spiro atoms. The Morgan fingerprint density at radius 2 is 1.52 bits per heavy atom. The summed E-state index contributed by atoms with van der Waals surface area (Å²) in [6, 6.07) is 17.9. The van der Waals surface area contributed by atoms with E-state index in [-0.39, 0.29) is 11.7 Å². The van der Waals surface area contributed by atoms with Crippen LogP contribution in [0.2, 0.25) is 0 Å². The lowest BCUT2D eigenvalue weighted by atomic mass is 10.1. The van der Waals surface area contributed by atoms with Gasteiger partial charge in [0.1, 0.15) is 28.0 Å². The first kappa shape index (κ1) is 30.8. The lowest BCUT2D eigenvalue weighted by Crippen LogP contribution is -2.29. The van der Waals surface area contributed by atoms with E-state index in [1.54, 1.807) is 57.9 Å². The molecule has 0 saturated carbocycles. The van der Waals surface area contributed by atoms with Gasteiger partial charge in [-0.3, -0.25) is 9.69 Å². The fourth-order valence-corrected chi connectivity index (χ4v) is 5.35. The predicted molar refractivity (Wildman–Crippen MR) is 161 cm³/mol. The Labute approximate surface area is 250 Å². The Morgan fingerprint density at radius 3 is 2.21 bits per heavy atom. The largest absolute Gasteiger partial charge is 0.497 e. The topological polar surface area (TPSA) is 73.4 Å². The number of carbonyl (C=O) groups excluding carboxylic acids is 1. The van der Waals surface area contributed by atoms with Gasteiger partial charge in [-0.15, -0.1) is 11.3 Å². The first-order valence-electron chi connectivity index (χ1n) is 13.4. The van der Waals surface area contributed by atoms with Gasteiger partial charge in [-0.2, -0.15) is 0 Å². The molecule has 0 aliphatic rings. The van der Waals surface area contributed by atoms with Crippen LogP contribution in [0.5, 0.6) is 23.0 Å². The number of hydrogen-bond acceptors (Lipinski definition) is 8. The zero-order valence-corrected chi connectivity index (χ0v) is 25.4. The van der Waals surface area contributed by atoms with Crippen LogP contribution in [0.25, 0.3) is 0 Å². The summed E-state index contributed by atoms with van der Waals surface area (Å²) in [5.74, 6) is 2.33. The van der Waals surface area contributed by atoms with E-state index in [2.05, 4.69) is 9.88 Å². The number of rotatable bonds is 14. The van der Waals surface area contributed by atoms with Crippen LogP contribution < -0.4 is 18.9 Å². The highest BCUT2D eigenvalue weighted by Crippen LogP contribution is 2.29. The molecule has 0 bridgehead atoms. The number of ether oxygens (including phenoxy) is 4. The summed E-state index contributed by atoms with van der Waals surface area (Å²) >= 11 is 1.44. The van der Waals surface area contributed by atoms with Crippen LogP contribution in [0.3, 0.4) is 0 Å². The fraction of sp³-hybridized carbons (Fsp3) is 0.312. The molecule has 222 valence electrons. The molecular weight excluding hydrogens is 557 g/mol. The van der Waals surface area contributed by atoms with Crippen molar-refractivity contribution in [2.24, 2.45) is 0 Å². The molecule has 0 aliphatic heterocycles. The molecule has 42 heavy (non-hydrogen) atoms. The predicted octanol–water partition coefficient (Wildman–Crippen LogP) is 5.83. The molecule has 4 rings (SSSR count). The first-order chi connectivity index (χ1) is 20.3. The van der Waals surface area contributed by atoms with Gasteiger partial charge in [0, 0.05) is 43.7 Å². The van der Waals surface area contributed by atoms with Gasteiger partial charge in [0.15, 0.2) is 11.5 Å². The van der Waals surface area contributed by atoms with E-state index in [9.17, 15) is 9.18 Å². The molecule has 0 radical (unpaired) electrons. The quantitative estimate of drug-likeness (QED) is 0.182. The average Bonchev–Trinajstić information content (AvgIpc) is 3.48. The summed E-state index contributed by atoms with van der Waals surface area (Å²) in [5, 5.41) is 2.61. The van der Waals surface area contributed by atoms with Crippen molar-refractivity contribution >= 4 is 17.2 Å². The van der Waals surface area contributed by atoms with Crippen molar-refractivity contribution in [3.8, 4) is 23.0 Å². The number of nitrogens with zero attached hydrogens (tertiary/aromatic N) is 3. The molecule has 0 atom stereocenters. The summed E-state index contributed by atoms with van der Waals surface area (Å²) in [6.45, 7) is 2.14. The van der Waals surface area contributed by atoms with E-state index in [1.807, 2.05) is 36.4 Å². The summed E-state index contributed by atoms with van der Waals surface area (Å²) in [5.41, 5.74) is 3.39. The fourth-order valence-electron chi connectivity index (χ4n) is 4.54.